The van der Waals surface area contributed by atoms with Gasteiger partial charge in [-0.15, -0.1) is 0 Å². The van der Waals surface area contributed by atoms with E-state index in [1.807, 2.05) is 0 Å². The first kappa shape index (κ1) is 25.5. The lowest BCUT2D eigenvalue weighted by atomic mass is 9.92. The van der Waals surface area contributed by atoms with E-state index in [1.54, 1.807) is 0 Å². The van der Waals surface area contributed by atoms with Gasteiger partial charge in [0, 0.05) is 13.5 Å². The molecule has 3 unspecified atom stereocenters. The maximum atomic E-state index is 13.0. The second-order valence-electron chi connectivity index (χ2n) is 7.33. The Labute approximate surface area is 194 Å². The molecule has 0 radical (unpaired) electrons. The number of amides is 1. The number of ether oxygens (including phenoxy) is 4. The average molecular weight is 498 g/mol. The maximum Gasteiger partial charge on any atom is 0.328 e. The van der Waals surface area contributed by atoms with Crippen LogP contribution in [0.4, 0.5) is 4.39 Å². The maximum absolute atomic E-state index is 13.0. The SMILES string of the molecule is COCCOC1CC(NS(=O)(=O)c2ccc(Oc3ccc(F)cc3)cc2)(C(=O)O)C(C(N)=O)O1. The summed E-state index contributed by atoms with van der Waals surface area (Å²) in [6, 6.07) is 10.2. The highest BCUT2D eigenvalue weighted by Gasteiger charge is 2.59. The van der Waals surface area contributed by atoms with Crippen LogP contribution in [0.5, 0.6) is 11.5 Å². The van der Waals surface area contributed by atoms with E-state index in [2.05, 4.69) is 4.72 Å². The number of benzene rings is 2. The second kappa shape index (κ2) is 10.4. The van der Waals surface area contributed by atoms with Gasteiger partial charge in [0.1, 0.15) is 17.3 Å². The summed E-state index contributed by atoms with van der Waals surface area (Å²) in [7, 11) is -3.03. The summed E-state index contributed by atoms with van der Waals surface area (Å²) in [5, 5.41) is 9.87. The Balaban J connectivity index is 1.81. The highest BCUT2D eigenvalue weighted by molar-refractivity contribution is 7.89. The van der Waals surface area contributed by atoms with Gasteiger partial charge in [-0.1, -0.05) is 0 Å². The molecule has 2 aromatic rings. The largest absolute Gasteiger partial charge is 0.480 e. The van der Waals surface area contributed by atoms with Gasteiger partial charge in [0.05, 0.1) is 18.1 Å². The van der Waals surface area contributed by atoms with Crippen molar-refractivity contribution in [2.75, 3.05) is 20.3 Å². The quantitative estimate of drug-likeness (QED) is 0.383. The van der Waals surface area contributed by atoms with Crippen LogP contribution >= 0.6 is 0 Å². The van der Waals surface area contributed by atoms with Crippen LogP contribution in [-0.4, -0.2) is 63.7 Å². The zero-order valence-electron chi connectivity index (χ0n) is 18.0. The highest BCUT2D eigenvalue weighted by Crippen LogP contribution is 2.34. The van der Waals surface area contributed by atoms with Gasteiger partial charge in [-0.2, -0.15) is 4.72 Å². The van der Waals surface area contributed by atoms with E-state index < -0.39 is 52.1 Å². The summed E-state index contributed by atoms with van der Waals surface area (Å²) in [6.07, 6.45) is -3.55. The van der Waals surface area contributed by atoms with E-state index in [0.29, 0.717) is 5.75 Å². The first-order valence-electron chi connectivity index (χ1n) is 9.93. The number of carboxylic acids is 1. The van der Waals surface area contributed by atoms with Crippen molar-refractivity contribution in [2.24, 2.45) is 5.73 Å². The number of halogens is 1. The molecule has 1 heterocycles. The molecule has 1 saturated heterocycles. The van der Waals surface area contributed by atoms with Crippen molar-refractivity contribution in [1.29, 1.82) is 0 Å². The van der Waals surface area contributed by atoms with Crippen LogP contribution in [0.25, 0.3) is 0 Å². The fraction of sp³-hybridized carbons (Fsp3) is 0.333. The van der Waals surface area contributed by atoms with E-state index in [9.17, 15) is 27.5 Å². The number of nitrogens with two attached hydrogens (primary N) is 1. The molecule has 0 aromatic heterocycles. The molecule has 1 aliphatic heterocycles. The number of aliphatic carboxylic acids is 1. The van der Waals surface area contributed by atoms with Crippen LogP contribution in [0.2, 0.25) is 0 Å². The number of carbonyl (C=O) groups excluding carboxylic acids is 1. The van der Waals surface area contributed by atoms with Gasteiger partial charge in [-0.3, -0.25) is 9.59 Å². The molecule has 34 heavy (non-hydrogen) atoms. The zero-order valence-corrected chi connectivity index (χ0v) is 18.8. The fourth-order valence-corrected chi connectivity index (χ4v) is 4.69. The van der Waals surface area contributed by atoms with Crippen molar-refractivity contribution in [3.8, 4) is 11.5 Å². The van der Waals surface area contributed by atoms with Gasteiger partial charge >= 0.3 is 5.97 Å². The van der Waals surface area contributed by atoms with Crippen molar-refractivity contribution < 1.29 is 46.5 Å². The van der Waals surface area contributed by atoms with Gasteiger partial charge in [0.25, 0.3) is 0 Å². The Kier molecular flexibility index (Phi) is 7.84. The summed E-state index contributed by atoms with van der Waals surface area (Å²) in [6.45, 7) is 0.184. The molecule has 2 aromatic carbocycles. The molecule has 0 aliphatic carbocycles. The lowest BCUT2D eigenvalue weighted by molar-refractivity contribution is -0.161. The number of hydrogen-bond acceptors (Lipinski definition) is 8. The molecule has 184 valence electrons. The topological polar surface area (TPSA) is 163 Å². The third-order valence-electron chi connectivity index (χ3n) is 4.96. The zero-order chi connectivity index (χ0) is 24.9. The lowest BCUT2D eigenvalue weighted by Gasteiger charge is -2.28. The third kappa shape index (κ3) is 5.69. The summed E-state index contributed by atoms with van der Waals surface area (Å²) >= 11 is 0. The van der Waals surface area contributed by atoms with E-state index in [-0.39, 0.29) is 23.9 Å². The molecule has 1 fully saturated rings. The Hall–Kier alpha value is -3.10. The molecule has 1 amide bonds. The first-order valence-corrected chi connectivity index (χ1v) is 11.4. The number of carboxylic acid groups (broad SMARTS) is 1. The Bertz CT molecular complexity index is 1130. The first-order chi connectivity index (χ1) is 16.1. The molecule has 1 aliphatic rings. The molecule has 3 atom stereocenters. The van der Waals surface area contributed by atoms with Crippen molar-refractivity contribution in [3.63, 3.8) is 0 Å². The standard InChI is InChI=1S/C21H23FN2O9S/c1-30-10-11-31-17-12-21(20(26)27,18(33-17)19(23)25)24-34(28,29)16-8-6-15(7-9-16)32-14-4-2-13(22)3-5-14/h2-9,17-18,24H,10-12H2,1H3,(H2,23,25)(H,26,27). The predicted molar refractivity (Wildman–Crippen MR) is 114 cm³/mol. The van der Waals surface area contributed by atoms with Crippen molar-refractivity contribution in [2.45, 2.75) is 29.2 Å². The second-order valence-corrected chi connectivity index (χ2v) is 9.01. The van der Waals surface area contributed by atoms with Crippen LogP contribution < -0.4 is 15.2 Å². The molecule has 0 saturated carbocycles. The van der Waals surface area contributed by atoms with Gasteiger partial charge in [-0.25, -0.2) is 12.8 Å². The Morgan fingerprint density at radius 3 is 2.26 bits per heavy atom. The van der Waals surface area contributed by atoms with E-state index in [1.165, 1.54) is 55.6 Å². The minimum atomic E-state index is -4.46. The normalized spacial score (nSPS) is 22.4. The predicted octanol–water partition coefficient (Wildman–Crippen LogP) is 0.983. The van der Waals surface area contributed by atoms with Gasteiger partial charge < -0.3 is 29.8 Å². The van der Waals surface area contributed by atoms with Crippen LogP contribution in [-0.2, 0) is 33.8 Å². The Morgan fingerprint density at radius 1 is 1.15 bits per heavy atom. The highest BCUT2D eigenvalue weighted by atomic mass is 32.2. The average Bonchev–Trinajstić information content (AvgIpc) is 3.15. The Morgan fingerprint density at radius 2 is 1.74 bits per heavy atom. The summed E-state index contributed by atoms with van der Waals surface area (Å²) in [4.78, 5) is 23.8. The van der Waals surface area contributed by atoms with Gasteiger partial charge in [0.2, 0.25) is 15.9 Å². The lowest BCUT2D eigenvalue weighted by Crippen LogP contribution is -2.62. The molecule has 3 rings (SSSR count). The number of methoxy groups -OCH3 is 1. The number of nitrogens with one attached hydrogen (secondary N) is 1. The number of rotatable bonds is 11. The number of hydrogen-bond donors (Lipinski definition) is 3. The molecular formula is C21H23FN2O9S. The molecule has 4 N–H and O–H groups in total. The molecule has 0 bridgehead atoms. The third-order valence-corrected chi connectivity index (χ3v) is 6.48. The smallest absolute Gasteiger partial charge is 0.328 e. The van der Waals surface area contributed by atoms with Crippen LogP contribution in [0.15, 0.2) is 53.4 Å². The summed E-state index contributed by atoms with van der Waals surface area (Å²) < 4.78 is 62.1. The molecule has 0 spiro atoms. The van der Waals surface area contributed by atoms with Crippen LogP contribution in [0, 0.1) is 5.82 Å². The number of carbonyl (C=O) groups is 2. The van der Waals surface area contributed by atoms with Crippen molar-refractivity contribution in [1.82, 2.24) is 4.72 Å². The fourth-order valence-electron chi connectivity index (χ4n) is 3.32. The minimum Gasteiger partial charge on any atom is -0.480 e. The van der Waals surface area contributed by atoms with E-state index in [4.69, 9.17) is 24.7 Å². The van der Waals surface area contributed by atoms with Crippen molar-refractivity contribution in [3.05, 3.63) is 54.3 Å². The minimum absolute atomic E-state index is 0.0185. The molecular weight excluding hydrogens is 475 g/mol. The molecule has 11 nitrogen and oxygen atoms in total. The summed E-state index contributed by atoms with van der Waals surface area (Å²) in [5.41, 5.74) is 2.91. The van der Waals surface area contributed by atoms with Gasteiger partial charge in [-0.05, 0) is 48.5 Å². The van der Waals surface area contributed by atoms with Crippen LogP contribution in [0.3, 0.4) is 0 Å². The summed E-state index contributed by atoms with van der Waals surface area (Å²) in [5.74, 6) is -2.69. The van der Waals surface area contributed by atoms with Crippen LogP contribution in [0.1, 0.15) is 6.42 Å². The monoisotopic (exact) mass is 498 g/mol. The molecule has 13 heteroatoms. The van der Waals surface area contributed by atoms with E-state index >= 15 is 0 Å². The van der Waals surface area contributed by atoms with Gasteiger partial charge in [0.15, 0.2) is 17.9 Å². The number of primary amides is 1. The van der Waals surface area contributed by atoms with Crippen molar-refractivity contribution >= 4 is 21.9 Å². The number of sulfonamides is 1. The van der Waals surface area contributed by atoms with E-state index in [0.717, 1.165) is 0 Å².